The van der Waals surface area contributed by atoms with Crippen molar-refractivity contribution in [1.82, 2.24) is 0 Å². The third-order valence-electron chi connectivity index (χ3n) is 1.05. The van der Waals surface area contributed by atoms with Crippen LogP contribution in [0.4, 0.5) is 0 Å². The number of hydrogen-bond acceptors (Lipinski definition) is 3. The summed E-state index contributed by atoms with van der Waals surface area (Å²) >= 11 is 3.95. The summed E-state index contributed by atoms with van der Waals surface area (Å²) in [4.78, 5) is 0. The van der Waals surface area contributed by atoms with Crippen LogP contribution in [0.2, 0.25) is 0 Å². The van der Waals surface area contributed by atoms with E-state index in [1.54, 1.807) is 0 Å². The SMILES string of the molecule is CCSCCSCC(C)(C)N. The summed E-state index contributed by atoms with van der Waals surface area (Å²) in [6, 6.07) is 0. The maximum atomic E-state index is 5.82. The Morgan fingerprint density at radius 2 is 1.73 bits per heavy atom. The highest BCUT2D eigenvalue weighted by Crippen LogP contribution is 2.11. The molecule has 0 atom stereocenters. The molecule has 0 amide bonds. The molecule has 0 aliphatic carbocycles. The normalized spacial score (nSPS) is 12.0. The molecule has 0 saturated carbocycles. The van der Waals surface area contributed by atoms with Gasteiger partial charge in [0.1, 0.15) is 0 Å². The van der Waals surface area contributed by atoms with Gasteiger partial charge >= 0.3 is 0 Å². The van der Waals surface area contributed by atoms with E-state index < -0.39 is 0 Å². The highest BCUT2D eigenvalue weighted by Gasteiger charge is 2.09. The smallest absolute Gasteiger partial charge is 0.0188 e. The molecule has 0 heterocycles. The summed E-state index contributed by atoms with van der Waals surface area (Å²) in [7, 11) is 0. The molecule has 0 unspecified atom stereocenters. The number of nitrogens with two attached hydrogens (primary N) is 1. The van der Waals surface area contributed by atoms with Crippen molar-refractivity contribution in [3.05, 3.63) is 0 Å². The van der Waals surface area contributed by atoms with Gasteiger partial charge in [0.05, 0.1) is 0 Å². The predicted molar refractivity (Wildman–Crippen MR) is 58.6 cm³/mol. The molecule has 11 heavy (non-hydrogen) atoms. The molecule has 0 bridgehead atoms. The lowest BCUT2D eigenvalue weighted by atomic mass is 10.1. The van der Waals surface area contributed by atoms with Crippen LogP contribution in [0.15, 0.2) is 0 Å². The summed E-state index contributed by atoms with van der Waals surface area (Å²) in [5, 5.41) is 0. The second-order valence-corrected chi connectivity index (χ2v) is 5.74. The minimum Gasteiger partial charge on any atom is -0.325 e. The van der Waals surface area contributed by atoms with E-state index >= 15 is 0 Å². The molecule has 68 valence electrons. The zero-order valence-electron chi connectivity index (χ0n) is 7.72. The van der Waals surface area contributed by atoms with E-state index in [1.165, 1.54) is 17.3 Å². The van der Waals surface area contributed by atoms with E-state index in [0.717, 1.165) is 5.75 Å². The molecule has 0 aliphatic rings. The van der Waals surface area contributed by atoms with Crippen LogP contribution in [-0.4, -0.2) is 28.6 Å². The number of rotatable bonds is 6. The first-order valence-electron chi connectivity index (χ1n) is 4.00. The van der Waals surface area contributed by atoms with Crippen molar-refractivity contribution in [3.8, 4) is 0 Å². The molecule has 1 nitrogen and oxygen atoms in total. The first kappa shape index (κ1) is 11.7. The maximum Gasteiger partial charge on any atom is 0.0188 e. The van der Waals surface area contributed by atoms with Gasteiger partial charge in [0.2, 0.25) is 0 Å². The Kier molecular flexibility index (Phi) is 6.58. The molecule has 0 aromatic carbocycles. The number of hydrogen-bond donors (Lipinski definition) is 1. The van der Waals surface area contributed by atoms with Gasteiger partial charge in [-0.3, -0.25) is 0 Å². The highest BCUT2D eigenvalue weighted by molar-refractivity contribution is 8.02. The molecule has 0 radical (unpaired) electrons. The van der Waals surface area contributed by atoms with Crippen LogP contribution in [0.1, 0.15) is 20.8 Å². The molecule has 0 fully saturated rings. The fourth-order valence-corrected chi connectivity index (χ4v) is 2.50. The summed E-state index contributed by atoms with van der Waals surface area (Å²) < 4.78 is 0. The van der Waals surface area contributed by atoms with E-state index in [2.05, 4.69) is 20.8 Å². The summed E-state index contributed by atoms with van der Waals surface area (Å²) in [6.45, 7) is 6.35. The van der Waals surface area contributed by atoms with Gasteiger partial charge in [0.25, 0.3) is 0 Å². The van der Waals surface area contributed by atoms with E-state index in [-0.39, 0.29) is 5.54 Å². The first-order chi connectivity index (χ1) is 5.06. The van der Waals surface area contributed by atoms with Crippen molar-refractivity contribution < 1.29 is 0 Å². The van der Waals surface area contributed by atoms with Crippen molar-refractivity contribution >= 4 is 23.5 Å². The largest absolute Gasteiger partial charge is 0.325 e. The van der Waals surface area contributed by atoms with Gasteiger partial charge in [-0.1, -0.05) is 6.92 Å². The van der Waals surface area contributed by atoms with Crippen LogP contribution in [-0.2, 0) is 0 Å². The molecule has 0 aromatic heterocycles. The fourth-order valence-electron chi connectivity index (χ4n) is 0.597. The van der Waals surface area contributed by atoms with Crippen molar-refractivity contribution in [1.29, 1.82) is 0 Å². The van der Waals surface area contributed by atoms with Crippen LogP contribution < -0.4 is 5.73 Å². The van der Waals surface area contributed by atoms with Gasteiger partial charge < -0.3 is 5.73 Å². The van der Waals surface area contributed by atoms with Crippen LogP contribution >= 0.6 is 23.5 Å². The second kappa shape index (κ2) is 6.21. The Hall–Kier alpha value is 0.660. The van der Waals surface area contributed by atoms with Crippen LogP contribution in [0.3, 0.4) is 0 Å². The van der Waals surface area contributed by atoms with Crippen molar-refractivity contribution in [2.75, 3.05) is 23.0 Å². The Morgan fingerprint density at radius 3 is 2.18 bits per heavy atom. The van der Waals surface area contributed by atoms with Crippen molar-refractivity contribution in [2.45, 2.75) is 26.3 Å². The van der Waals surface area contributed by atoms with Gasteiger partial charge in [0.15, 0.2) is 0 Å². The molecule has 0 saturated heterocycles. The van der Waals surface area contributed by atoms with E-state index in [1.807, 2.05) is 23.5 Å². The Balaban J connectivity index is 3.02. The quantitative estimate of drug-likeness (QED) is 0.655. The molecule has 0 aliphatic heterocycles. The monoisotopic (exact) mass is 193 g/mol. The van der Waals surface area contributed by atoms with E-state index in [0.29, 0.717) is 0 Å². The summed E-state index contributed by atoms with van der Waals surface area (Å²) in [5.41, 5.74) is 5.82. The second-order valence-electron chi connectivity index (χ2n) is 3.24. The Labute approximate surface area is 78.9 Å². The van der Waals surface area contributed by atoms with Crippen LogP contribution in [0, 0.1) is 0 Å². The van der Waals surface area contributed by atoms with Crippen LogP contribution in [0.25, 0.3) is 0 Å². The van der Waals surface area contributed by atoms with Crippen molar-refractivity contribution in [3.63, 3.8) is 0 Å². The van der Waals surface area contributed by atoms with Gasteiger partial charge in [-0.25, -0.2) is 0 Å². The topological polar surface area (TPSA) is 26.0 Å². The Morgan fingerprint density at radius 1 is 1.18 bits per heavy atom. The first-order valence-corrected chi connectivity index (χ1v) is 6.31. The molecule has 0 aromatic rings. The molecule has 2 N–H and O–H groups in total. The molecular weight excluding hydrogens is 174 g/mol. The van der Waals surface area contributed by atoms with Gasteiger partial charge in [-0.15, -0.1) is 0 Å². The van der Waals surface area contributed by atoms with E-state index in [4.69, 9.17) is 5.73 Å². The minimum atomic E-state index is 0.00154. The van der Waals surface area contributed by atoms with Gasteiger partial charge in [-0.05, 0) is 19.6 Å². The fraction of sp³-hybridized carbons (Fsp3) is 1.00. The van der Waals surface area contributed by atoms with Crippen LogP contribution in [0.5, 0.6) is 0 Å². The third kappa shape index (κ3) is 10.7. The Bertz CT molecular complexity index is 88.6. The standard InChI is InChI=1S/C8H19NS2/c1-4-10-5-6-11-7-8(2,3)9/h4-7,9H2,1-3H3. The van der Waals surface area contributed by atoms with E-state index in [9.17, 15) is 0 Å². The molecular formula is C8H19NS2. The molecule has 3 heteroatoms. The lowest BCUT2D eigenvalue weighted by Gasteiger charge is -2.17. The number of thioether (sulfide) groups is 2. The van der Waals surface area contributed by atoms with Gasteiger partial charge in [0, 0.05) is 22.8 Å². The molecule has 0 spiro atoms. The van der Waals surface area contributed by atoms with Crippen molar-refractivity contribution in [2.24, 2.45) is 5.73 Å². The molecule has 0 rings (SSSR count). The van der Waals surface area contributed by atoms with Gasteiger partial charge in [-0.2, -0.15) is 23.5 Å². The lowest BCUT2D eigenvalue weighted by Crippen LogP contribution is -2.34. The average Bonchev–Trinajstić information content (AvgIpc) is 1.85. The highest BCUT2D eigenvalue weighted by atomic mass is 32.2. The predicted octanol–water partition coefficient (Wildman–Crippen LogP) is 2.21. The maximum absolute atomic E-state index is 5.82. The average molecular weight is 193 g/mol. The minimum absolute atomic E-state index is 0.00154. The zero-order chi connectivity index (χ0) is 8.74. The zero-order valence-corrected chi connectivity index (χ0v) is 9.36. The lowest BCUT2D eigenvalue weighted by molar-refractivity contribution is 0.591. The summed E-state index contributed by atoms with van der Waals surface area (Å²) in [6.07, 6.45) is 0. The third-order valence-corrected chi connectivity index (χ3v) is 3.65. The summed E-state index contributed by atoms with van der Waals surface area (Å²) in [5.74, 6) is 4.79.